The fraction of sp³-hybridized carbons (Fsp3) is 0.412. The Labute approximate surface area is 268 Å². The molecule has 0 saturated heterocycles. The Kier molecular flexibility index (Phi) is 10.3. The molecule has 2 N–H and O–H groups in total. The second kappa shape index (κ2) is 14.0. The number of hydrogen-bond acceptors (Lipinski definition) is 9. The lowest BCUT2D eigenvalue weighted by Crippen LogP contribution is -2.45. The molecule has 4 rings (SSSR count). The van der Waals surface area contributed by atoms with Gasteiger partial charge in [0.2, 0.25) is 5.75 Å². The molecule has 0 radical (unpaired) electrons. The zero-order valence-electron chi connectivity index (χ0n) is 27.4. The maximum absolute atomic E-state index is 13.3. The number of nitrogens with zero attached hydrogens (tertiary/aromatic N) is 1. The minimum atomic E-state index is -0.883. The van der Waals surface area contributed by atoms with Gasteiger partial charge < -0.3 is 33.6 Å². The Balaban J connectivity index is 1.65. The monoisotopic (exact) mass is 635 g/mol. The zero-order valence-corrected chi connectivity index (χ0v) is 27.4. The lowest BCUT2D eigenvalue weighted by Gasteiger charge is -2.23. The van der Waals surface area contributed by atoms with Crippen LogP contribution < -0.4 is 24.8 Å². The normalized spacial score (nSPS) is 13.9. The molecule has 0 saturated carbocycles. The van der Waals surface area contributed by atoms with Crippen LogP contribution in [0.5, 0.6) is 17.2 Å². The molecule has 12 heteroatoms. The summed E-state index contributed by atoms with van der Waals surface area (Å²) < 4.78 is 29.2. The number of aromatic nitrogens is 1. The summed E-state index contributed by atoms with van der Waals surface area (Å²) in [4.78, 5) is 51.9. The number of esters is 1. The summed E-state index contributed by atoms with van der Waals surface area (Å²) in [5, 5.41) is 5.77. The number of rotatable bonds is 12. The van der Waals surface area contributed by atoms with Crippen LogP contribution in [0.25, 0.3) is 22.0 Å². The van der Waals surface area contributed by atoms with Gasteiger partial charge in [-0.3, -0.25) is 14.9 Å². The molecule has 0 bridgehead atoms. The first kappa shape index (κ1) is 33.9. The standard InChI is InChI=1S/C34H41N3O9/c1-19(2)15-23(35-33(41)46-34(3,4)5)32(40)45-14-13-37-18-22(21-11-9-10-12-24(21)37)28-27(30(38)36-31(28)39)20-16-25(42-6)29(44-8)26(17-20)43-7/h9-12,16-19,23H,13-15H2,1-8H3,(H,35,41)(H,36,38,39). The Morgan fingerprint density at radius 1 is 0.935 bits per heavy atom. The third kappa shape index (κ3) is 7.44. The van der Waals surface area contributed by atoms with Crippen LogP contribution >= 0.6 is 0 Å². The molecule has 3 amide bonds. The number of alkyl carbamates (subject to hydrolysis) is 1. The highest BCUT2D eigenvalue weighted by Gasteiger charge is 2.35. The third-order valence-electron chi connectivity index (χ3n) is 7.20. The van der Waals surface area contributed by atoms with Gasteiger partial charge in [0.1, 0.15) is 18.2 Å². The maximum atomic E-state index is 13.3. The number of para-hydroxylation sites is 1. The lowest BCUT2D eigenvalue weighted by atomic mass is 9.95. The lowest BCUT2D eigenvalue weighted by molar-refractivity contribution is -0.147. The smallest absolute Gasteiger partial charge is 0.408 e. The van der Waals surface area contributed by atoms with Crippen molar-refractivity contribution in [3.8, 4) is 17.2 Å². The van der Waals surface area contributed by atoms with Crippen LogP contribution in [-0.2, 0) is 30.4 Å². The first-order chi connectivity index (χ1) is 21.8. The number of carbonyl (C=O) groups is 4. The van der Waals surface area contributed by atoms with E-state index >= 15 is 0 Å². The Hall–Kier alpha value is -5.00. The number of amides is 3. The van der Waals surface area contributed by atoms with E-state index in [9.17, 15) is 19.2 Å². The van der Waals surface area contributed by atoms with Crippen LogP contribution in [-0.4, -0.2) is 68.0 Å². The molecule has 12 nitrogen and oxygen atoms in total. The number of fused-ring (bicyclic) bond motifs is 1. The van der Waals surface area contributed by atoms with E-state index in [0.717, 1.165) is 10.9 Å². The largest absolute Gasteiger partial charge is 0.493 e. The van der Waals surface area contributed by atoms with Gasteiger partial charge in [-0.25, -0.2) is 9.59 Å². The topological polar surface area (TPSA) is 143 Å². The molecule has 0 fully saturated rings. The molecule has 1 atom stereocenters. The van der Waals surface area contributed by atoms with Crippen LogP contribution in [0.1, 0.15) is 52.2 Å². The molecule has 46 heavy (non-hydrogen) atoms. The van der Waals surface area contributed by atoms with E-state index in [1.165, 1.54) is 21.3 Å². The minimum Gasteiger partial charge on any atom is -0.493 e. The van der Waals surface area contributed by atoms with Gasteiger partial charge in [-0.15, -0.1) is 0 Å². The summed E-state index contributed by atoms with van der Waals surface area (Å²) in [5.41, 5.74) is 1.33. The molecular formula is C34H41N3O9. The quantitative estimate of drug-likeness (QED) is 0.214. The van der Waals surface area contributed by atoms with E-state index in [1.54, 1.807) is 39.1 Å². The van der Waals surface area contributed by atoms with E-state index < -0.39 is 35.5 Å². The molecule has 0 aliphatic carbocycles. The Morgan fingerprint density at radius 3 is 2.15 bits per heavy atom. The molecule has 246 valence electrons. The maximum Gasteiger partial charge on any atom is 0.408 e. The first-order valence-corrected chi connectivity index (χ1v) is 14.9. The van der Waals surface area contributed by atoms with Gasteiger partial charge in [0, 0.05) is 22.7 Å². The number of benzene rings is 2. The zero-order chi connectivity index (χ0) is 33.8. The van der Waals surface area contributed by atoms with Crippen LogP contribution in [0.15, 0.2) is 42.6 Å². The predicted molar refractivity (Wildman–Crippen MR) is 172 cm³/mol. The summed E-state index contributed by atoms with van der Waals surface area (Å²) in [6, 6.07) is 9.77. The number of hydrogen-bond donors (Lipinski definition) is 2. The second-order valence-electron chi connectivity index (χ2n) is 12.2. The SMILES string of the molecule is COc1cc(C2=C(c3cn(CCOC(=O)C(CC(C)C)NC(=O)OC(C)(C)C)c4ccccc34)C(=O)NC2=O)cc(OC)c1OC. The van der Waals surface area contributed by atoms with Gasteiger partial charge in [0.05, 0.1) is 39.0 Å². The summed E-state index contributed by atoms with van der Waals surface area (Å²) in [6.45, 7) is 9.35. The fourth-order valence-electron chi connectivity index (χ4n) is 5.32. The van der Waals surface area contributed by atoms with Crippen molar-refractivity contribution in [1.29, 1.82) is 0 Å². The van der Waals surface area contributed by atoms with Gasteiger partial charge >= 0.3 is 12.1 Å². The average molecular weight is 636 g/mol. The van der Waals surface area contributed by atoms with Crippen molar-refractivity contribution >= 4 is 45.9 Å². The van der Waals surface area contributed by atoms with E-state index in [4.69, 9.17) is 23.7 Å². The van der Waals surface area contributed by atoms with E-state index in [2.05, 4.69) is 10.6 Å². The number of carbonyl (C=O) groups excluding carboxylic acids is 4. The summed E-state index contributed by atoms with van der Waals surface area (Å²) in [5.74, 6) is -0.569. The highest BCUT2D eigenvalue weighted by molar-refractivity contribution is 6.50. The number of nitrogens with one attached hydrogen (secondary N) is 2. The molecule has 1 aliphatic heterocycles. The molecule has 2 aromatic carbocycles. The summed E-state index contributed by atoms with van der Waals surface area (Å²) >= 11 is 0. The van der Waals surface area contributed by atoms with Crippen molar-refractivity contribution in [3.05, 3.63) is 53.7 Å². The van der Waals surface area contributed by atoms with Gasteiger partial charge in [0.15, 0.2) is 11.5 Å². The molecule has 2 heterocycles. The van der Waals surface area contributed by atoms with Crippen molar-refractivity contribution in [2.75, 3.05) is 27.9 Å². The van der Waals surface area contributed by atoms with Crippen molar-refractivity contribution in [1.82, 2.24) is 15.2 Å². The third-order valence-corrected chi connectivity index (χ3v) is 7.20. The highest BCUT2D eigenvalue weighted by Crippen LogP contribution is 2.43. The van der Waals surface area contributed by atoms with Gasteiger partial charge in [-0.1, -0.05) is 32.0 Å². The minimum absolute atomic E-state index is 0.00848. The number of imide groups is 1. The van der Waals surface area contributed by atoms with Crippen LogP contribution in [0, 0.1) is 5.92 Å². The first-order valence-electron chi connectivity index (χ1n) is 14.9. The molecule has 1 aliphatic rings. The summed E-state index contributed by atoms with van der Waals surface area (Å²) in [7, 11) is 4.41. The van der Waals surface area contributed by atoms with Crippen LogP contribution in [0.2, 0.25) is 0 Å². The van der Waals surface area contributed by atoms with Gasteiger partial charge in [-0.2, -0.15) is 0 Å². The molecule has 3 aromatic rings. The van der Waals surface area contributed by atoms with Crippen molar-refractivity contribution in [2.24, 2.45) is 5.92 Å². The molecular weight excluding hydrogens is 594 g/mol. The van der Waals surface area contributed by atoms with Gasteiger partial charge in [-0.05, 0) is 56.9 Å². The highest BCUT2D eigenvalue weighted by atomic mass is 16.6. The number of methoxy groups -OCH3 is 3. The molecule has 1 unspecified atom stereocenters. The predicted octanol–water partition coefficient (Wildman–Crippen LogP) is 4.72. The van der Waals surface area contributed by atoms with Crippen LogP contribution in [0.3, 0.4) is 0 Å². The fourth-order valence-corrected chi connectivity index (χ4v) is 5.32. The molecule has 1 aromatic heterocycles. The van der Waals surface area contributed by atoms with E-state index in [0.29, 0.717) is 34.8 Å². The summed E-state index contributed by atoms with van der Waals surface area (Å²) in [6.07, 6.45) is 1.43. The molecule has 0 spiro atoms. The van der Waals surface area contributed by atoms with Crippen molar-refractivity contribution in [2.45, 2.75) is 59.2 Å². The Bertz CT molecular complexity index is 1660. The average Bonchev–Trinajstić information content (AvgIpc) is 3.49. The second-order valence-corrected chi connectivity index (χ2v) is 12.2. The van der Waals surface area contributed by atoms with Crippen molar-refractivity contribution in [3.63, 3.8) is 0 Å². The van der Waals surface area contributed by atoms with Crippen molar-refractivity contribution < 1.29 is 42.9 Å². The van der Waals surface area contributed by atoms with E-state index in [1.807, 2.05) is 42.7 Å². The van der Waals surface area contributed by atoms with Gasteiger partial charge in [0.25, 0.3) is 11.8 Å². The van der Waals surface area contributed by atoms with E-state index in [-0.39, 0.29) is 30.2 Å². The Morgan fingerprint density at radius 2 is 1.57 bits per heavy atom. The number of ether oxygens (including phenoxy) is 5. The van der Waals surface area contributed by atoms with Crippen LogP contribution in [0.4, 0.5) is 4.79 Å².